The minimum atomic E-state index is -0.343. The van der Waals surface area contributed by atoms with Crippen molar-refractivity contribution in [2.24, 2.45) is 0 Å². The molecule has 0 aliphatic rings. The summed E-state index contributed by atoms with van der Waals surface area (Å²) in [5, 5.41) is 5.46. The van der Waals surface area contributed by atoms with Crippen LogP contribution in [-0.2, 0) is 0 Å². The zero-order valence-electron chi connectivity index (χ0n) is 11.9. The van der Waals surface area contributed by atoms with Crippen molar-refractivity contribution in [3.05, 3.63) is 59.9 Å². The Balaban J connectivity index is 1.93. The second kappa shape index (κ2) is 6.74. The average Bonchev–Trinajstić information content (AvgIpc) is 2.49. The van der Waals surface area contributed by atoms with E-state index in [1.807, 2.05) is 31.2 Å². The Morgan fingerprint density at radius 1 is 1.10 bits per heavy atom. The number of hydrogen-bond acceptors (Lipinski definition) is 2. The number of nitrogens with one attached hydrogen (secondary N) is 2. The van der Waals surface area contributed by atoms with Gasteiger partial charge in [-0.1, -0.05) is 12.1 Å². The van der Waals surface area contributed by atoms with Gasteiger partial charge in [0.05, 0.1) is 13.2 Å². The largest absolute Gasteiger partial charge is 0.497 e. The predicted octanol–water partition coefficient (Wildman–Crippen LogP) is 3.72. The molecule has 2 rings (SSSR count). The lowest BCUT2D eigenvalue weighted by Gasteiger charge is -2.15. The van der Waals surface area contributed by atoms with Gasteiger partial charge in [0.1, 0.15) is 11.6 Å². The van der Waals surface area contributed by atoms with E-state index < -0.39 is 0 Å². The maximum absolute atomic E-state index is 12.8. The van der Waals surface area contributed by atoms with Gasteiger partial charge in [-0.2, -0.15) is 0 Å². The van der Waals surface area contributed by atoms with Crippen LogP contribution in [0.25, 0.3) is 0 Å². The summed E-state index contributed by atoms with van der Waals surface area (Å²) in [6, 6.07) is 12.6. The van der Waals surface area contributed by atoms with Gasteiger partial charge >= 0.3 is 6.03 Å². The number of rotatable bonds is 4. The van der Waals surface area contributed by atoms with Crippen LogP contribution in [0.5, 0.6) is 5.75 Å². The van der Waals surface area contributed by atoms with Crippen LogP contribution in [0.2, 0.25) is 0 Å². The fourth-order valence-corrected chi connectivity index (χ4v) is 1.87. The maximum atomic E-state index is 12.8. The molecule has 0 fully saturated rings. The lowest BCUT2D eigenvalue weighted by molar-refractivity contribution is 0.249. The first-order valence-electron chi connectivity index (χ1n) is 6.55. The number of hydrogen-bond donors (Lipinski definition) is 2. The van der Waals surface area contributed by atoms with Gasteiger partial charge in [-0.05, 0) is 48.9 Å². The maximum Gasteiger partial charge on any atom is 0.319 e. The lowest BCUT2D eigenvalue weighted by atomic mass is 10.1. The highest BCUT2D eigenvalue weighted by molar-refractivity contribution is 5.89. The van der Waals surface area contributed by atoms with Crippen molar-refractivity contribution < 1.29 is 13.9 Å². The smallest absolute Gasteiger partial charge is 0.319 e. The third-order valence-corrected chi connectivity index (χ3v) is 3.07. The Bertz CT molecular complexity index is 597. The molecule has 0 saturated heterocycles. The van der Waals surface area contributed by atoms with Crippen molar-refractivity contribution in [2.75, 3.05) is 12.4 Å². The quantitative estimate of drug-likeness (QED) is 0.901. The van der Waals surface area contributed by atoms with E-state index in [-0.39, 0.29) is 17.9 Å². The first-order valence-corrected chi connectivity index (χ1v) is 6.55. The molecule has 2 amide bonds. The summed E-state index contributed by atoms with van der Waals surface area (Å²) in [7, 11) is 1.60. The molecule has 0 aliphatic carbocycles. The number of urea groups is 1. The second-order valence-corrected chi connectivity index (χ2v) is 4.60. The van der Waals surface area contributed by atoms with Gasteiger partial charge in [0.2, 0.25) is 0 Å². The summed E-state index contributed by atoms with van der Waals surface area (Å²) in [5.74, 6) is 0.425. The number of amides is 2. The third kappa shape index (κ3) is 4.21. The van der Waals surface area contributed by atoms with Crippen molar-refractivity contribution in [2.45, 2.75) is 13.0 Å². The van der Waals surface area contributed by atoms with E-state index in [4.69, 9.17) is 4.74 Å². The van der Waals surface area contributed by atoms with Gasteiger partial charge < -0.3 is 15.4 Å². The van der Waals surface area contributed by atoms with E-state index in [0.717, 1.165) is 11.3 Å². The number of carbonyl (C=O) groups is 1. The second-order valence-electron chi connectivity index (χ2n) is 4.60. The fraction of sp³-hybridized carbons (Fsp3) is 0.188. The first kappa shape index (κ1) is 14.8. The SMILES string of the molecule is COc1ccc(C(C)NC(=O)Nc2ccc(F)cc2)cc1. The van der Waals surface area contributed by atoms with Gasteiger partial charge in [0, 0.05) is 5.69 Å². The molecular weight excluding hydrogens is 271 g/mol. The molecule has 0 heterocycles. The van der Waals surface area contributed by atoms with Crippen molar-refractivity contribution in [3.8, 4) is 5.75 Å². The molecule has 0 spiro atoms. The van der Waals surface area contributed by atoms with Gasteiger partial charge in [-0.3, -0.25) is 0 Å². The predicted molar refractivity (Wildman–Crippen MR) is 80.0 cm³/mol. The molecule has 0 aliphatic heterocycles. The number of anilines is 1. The van der Waals surface area contributed by atoms with Crippen LogP contribution >= 0.6 is 0 Å². The lowest BCUT2D eigenvalue weighted by Crippen LogP contribution is -2.31. The molecule has 1 atom stereocenters. The highest BCUT2D eigenvalue weighted by atomic mass is 19.1. The summed E-state index contributed by atoms with van der Waals surface area (Å²) >= 11 is 0. The zero-order valence-corrected chi connectivity index (χ0v) is 11.9. The number of carbonyl (C=O) groups excluding carboxylic acids is 1. The van der Waals surface area contributed by atoms with Gasteiger partial charge in [0.25, 0.3) is 0 Å². The molecule has 0 radical (unpaired) electrons. The molecule has 2 aromatic rings. The van der Waals surface area contributed by atoms with Gasteiger partial charge in [-0.15, -0.1) is 0 Å². The van der Waals surface area contributed by atoms with Crippen LogP contribution in [-0.4, -0.2) is 13.1 Å². The van der Waals surface area contributed by atoms with Crippen LogP contribution in [0, 0.1) is 5.82 Å². The van der Waals surface area contributed by atoms with Crippen molar-refractivity contribution >= 4 is 11.7 Å². The minimum absolute atomic E-state index is 0.156. The van der Waals surface area contributed by atoms with Gasteiger partial charge in [-0.25, -0.2) is 9.18 Å². The van der Waals surface area contributed by atoms with Crippen LogP contribution in [0.4, 0.5) is 14.9 Å². The fourth-order valence-electron chi connectivity index (χ4n) is 1.87. The van der Waals surface area contributed by atoms with Crippen molar-refractivity contribution in [1.82, 2.24) is 5.32 Å². The normalized spacial score (nSPS) is 11.6. The molecule has 21 heavy (non-hydrogen) atoms. The van der Waals surface area contributed by atoms with E-state index >= 15 is 0 Å². The number of ether oxygens (including phenoxy) is 1. The third-order valence-electron chi connectivity index (χ3n) is 3.07. The summed E-state index contributed by atoms with van der Waals surface area (Å²) < 4.78 is 17.9. The molecule has 0 bridgehead atoms. The minimum Gasteiger partial charge on any atom is -0.497 e. The van der Waals surface area contributed by atoms with Crippen molar-refractivity contribution in [1.29, 1.82) is 0 Å². The molecule has 2 aromatic carbocycles. The van der Waals surface area contributed by atoms with E-state index in [2.05, 4.69) is 10.6 Å². The summed E-state index contributed by atoms with van der Waals surface area (Å²) in [4.78, 5) is 11.9. The summed E-state index contributed by atoms with van der Waals surface area (Å²) in [5.41, 5.74) is 1.50. The number of halogens is 1. The van der Waals surface area contributed by atoms with Crippen LogP contribution < -0.4 is 15.4 Å². The first-order chi connectivity index (χ1) is 10.1. The van der Waals surface area contributed by atoms with E-state index in [1.54, 1.807) is 7.11 Å². The monoisotopic (exact) mass is 288 g/mol. The molecule has 1 unspecified atom stereocenters. The van der Waals surface area contributed by atoms with Crippen LogP contribution in [0.15, 0.2) is 48.5 Å². The molecular formula is C16H17FN2O2. The highest BCUT2D eigenvalue weighted by Crippen LogP contribution is 2.17. The van der Waals surface area contributed by atoms with Gasteiger partial charge in [0.15, 0.2) is 0 Å². The zero-order chi connectivity index (χ0) is 15.2. The Morgan fingerprint density at radius 2 is 1.71 bits per heavy atom. The highest BCUT2D eigenvalue weighted by Gasteiger charge is 2.09. The Morgan fingerprint density at radius 3 is 2.29 bits per heavy atom. The van der Waals surface area contributed by atoms with Crippen LogP contribution in [0.1, 0.15) is 18.5 Å². The summed E-state index contributed by atoms with van der Waals surface area (Å²) in [6.07, 6.45) is 0. The molecule has 2 N–H and O–H groups in total. The number of methoxy groups -OCH3 is 1. The molecule has 0 aromatic heterocycles. The van der Waals surface area contributed by atoms with E-state index in [0.29, 0.717) is 5.69 Å². The Kier molecular flexibility index (Phi) is 4.77. The van der Waals surface area contributed by atoms with E-state index in [9.17, 15) is 9.18 Å². The Labute approximate surface area is 122 Å². The average molecular weight is 288 g/mol. The molecule has 4 nitrogen and oxygen atoms in total. The molecule has 5 heteroatoms. The standard InChI is InChI=1S/C16H17FN2O2/c1-11(12-3-9-15(21-2)10-4-12)18-16(20)19-14-7-5-13(17)6-8-14/h3-11H,1-2H3,(H2,18,19,20). The number of benzene rings is 2. The molecule has 110 valence electrons. The summed E-state index contributed by atoms with van der Waals surface area (Å²) in [6.45, 7) is 1.88. The van der Waals surface area contributed by atoms with E-state index in [1.165, 1.54) is 24.3 Å². The van der Waals surface area contributed by atoms with Crippen molar-refractivity contribution in [3.63, 3.8) is 0 Å². The molecule has 0 saturated carbocycles. The van der Waals surface area contributed by atoms with Crippen LogP contribution in [0.3, 0.4) is 0 Å². The Hall–Kier alpha value is -2.56. The topological polar surface area (TPSA) is 50.4 Å².